The summed E-state index contributed by atoms with van der Waals surface area (Å²) in [5.41, 5.74) is 2.88. The number of ether oxygens (including phenoxy) is 1. The highest BCUT2D eigenvalue weighted by atomic mass is 16.6. The summed E-state index contributed by atoms with van der Waals surface area (Å²) in [5.74, 6) is 1.53. The number of fused-ring (bicyclic) bond motifs is 5. The lowest BCUT2D eigenvalue weighted by atomic mass is 9.48. The van der Waals surface area contributed by atoms with Gasteiger partial charge < -0.3 is 14.9 Å². The molecule has 0 aliphatic heterocycles. The Hall–Kier alpha value is -2.44. The number of rotatable bonds is 3. The summed E-state index contributed by atoms with van der Waals surface area (Å²) in [6, 6.07) is 0. The van der Waals surface area contributed by atoms with E-state index in [4.69, 9.17) is 4.74 Å². The molecule has 31 heavy (non-hydrogen) atoms. The summed E-state index contributed by atoms with van der Waals surface area (Å²) >= 11 is 0. The molecular weight excluding hydrogens is 394 g/mol. The Kier molecular flexibility index (Phi) is 4.65. The third kappa shape index (κ3) is 3.07. The van der Waals surface area contributed by atoms with Crippen LogP contribution in [-0.2, 0) is 9.53 Å². The molecule has 4 aliphatic carbocycles. The topological polar surface area (TPSA) is 87.3 Å². The van der Waals surface area contributed by atoms with Crippen LogP contribution in [0.4, 0.5) is 5.82 Å². The molecule has 6 atom stereocenters. The van der Waals surface area contributed by atoms with Gasteiger partial charge in [0.1, 0.15) is 12.3 Å². The summed E-state index contributed by atoms with van der Waals surface area (Å²) in [5, 5.41) is 11.1. The maximum absolute atomic E-state index is 11.4. The van der Waals surface area contributed by atoms with Gasteiger partial charge in [0.25, 0.3) is 0 Å². The molecule has 5 rings (SSSR count). The van der Waals surface area contributed by atoms with Crippen LogP contribution >= 0.6 is 0 Å². The smallest absolute Gasteiger partial charge is 0.381 e. The standard InChI is InChI=1S/C24H31N3O4/c1-15(28)31-17-8-10-23(2)16(12-17)4-5-18-19-6-7-21(24(19,3)11-9-20(18)23)26-13-22(25-14-26)27(29)30/h4,7,13-14,17-20H,5-6,8-12H2,1-3H3/t17-,18?,19?,20?,23-,24-/m0/s1. The molecule has 0 aromatic carbocycles. The fourth-order valence-electron chi connectivity index (χ4n) is 7.45. The average Bonchev–Trinajstić information content (AvgIpc) is 3.32. The van der Waals surface area contributed by atoms with Gasteiger partial charge in [0.2, 0.25) is 6.33 Å². The first-order valence-electron chi connectivity index (χ1n) is 11.5. The zero-order valence-electron chi connectivity index (χ0n) is 18.5. The van der Waals surface area contributed by atoms with Gasteiger partial charge in [-0.25, -0.2) is 0 Å². The van der Waals surface area contributed by atoms with Gasteiger partial charge in [-0.3, -0.25) is 9.36 Å². The molecule has 7 nitrogen and oxygen atoms in total. The van der Waals surface area contributed by atoms with Crippen LogP contribution in [0.15, 0.2) is 30.2 Å². The van der Waals surface area contributed by atoms with E-state index in [2.05, 4.69) is 31.0 Å². The Morgan fingerprint density at radius 3 is 2.68 bits per heavy atom. The van der Waals surface area contributed by atoms with E-state index in [-0.39, 0.29) is 28.7 Å². The van der Waals surface area contributed by atoms with Crippen LogP contribution in [0.5, 0.6) is 0 Å². The number of hydrogen-bond acceptors (Lipinski definition) is 5. The highest BCUT2D eigenvalue weighted by molar-refractivity contribution is 5.66. The van der Waals surface area contributed by atoms with Crippen molar-refractivity contribution < 1.29 is 14.5 Å². The monoisotopic (exact) mass is 425 g/mol. The fourth-order valence-corrected chi connectivity index (χ4v) is 7.45. The van der Waals surface area contributed by atoms with Crippen LogP contribution in [0, 0.1) is 38.7 Å². The summed E-state index contributed by atoms with van der Waals surface area (Å²) < 4.78 is 7.43. The first kappa shape index (κ1) is 20.5. The van der Waals surface area contributed by atoms with Crippen molar-refractivity contribution in [1.82, 2.24) is 9.55 Å². The number of nitrogens with zero attached hydrogens (tertiary/aromatic N) is 3. The van der Waals surface area contributed by atoms with Crippen molar-refractivity contribution >= 4 is 17.5 Å². The van der Waals surface area contributed by atoms with E-state index in [0.717, 1.165) is 44.9 Å². The van der Waals surface area contributed by atoms with E-state index < -0.39 is 4.92 Å². The van der Waals surface area contributed by atoms with Gasteiger partial charge in [-0.15, -0.1) is 0 Å². The maximum atomic E-state index is 11.4. The minimum atomic E-state index is -0.427. The molecule has 0 radical (unpaired) electrons. The molecule has 7 heteroatoms. The lowest BCUT2D eigenvalue weighted by Gasteiger charge is -2.57. The summed E-state index contributed by atoms with van der Waals surface area (Å²) in [7, 11) is 0. The first-order chi connectivity index (χ1) is 14.7. The first-order valence-corrected chi connectivity index (χ1v) is 11.5. The van der Waals surface area contributed by atoms with Crippen molar-refractivity contribution in [2.75, 3.05) is 0 Å². The van der Waals surface area contributed by atoms with Crippen LogP contribution in [0.2, 0.25) is 0 Å². The van der Waals surface area contributed by atoms with Crippen molar-refractivity contribution in [2.24, 2.45) is 28.6 Å². The van der Waals surface area contributed by atoms with E-state index in [0.29, 0.717) is 17.8 Å². The Balaban J connectivity index is 1.40. The zero-order chi connectivity index (χ0) is 22.0. The van der Waals surface area contributed by atoms with Gasteiger partial charge in [-0.1, -0.05) is 31.6 Å². The van der Waals surface area contributed by atoms with Crippen molar-refractivity contribution in [1.29, 1.82) is 0 Å². The molecule has 1 aromatic heterocycles. The van der Waals surface area contributed by atoms with Crippen LogP contribution in [0.1, 0.15) is 65.7 Å². The van der Waals surface area contributed by atoms with Crippen LogP contribution in [0.3, 0.4) is 0 Å². The van der Waals surface area contributed by atoms with Crippen LogP contribution in [0.25, 0.3) is 5.70 Å². The van der Waals surface area contributed by atoms with Gasteiger partial charge in [0.05, 0.1) is 0 Å². The molecule has 0 saturated heterocycles. The molecule has 166 valence electrons. The molecule has 1 aromatic rings. The summed E-state index contributed by atoms with van der Waals surface area (Å²) in [4.78, 5) is 26.1. The largest absolute Gasteiger partial charge is 0.462 e. The Labute approximate surface area is 182 Å². The zero-order valence-corrected chi connectivity index (χ0v) is 18.5. The normalized spacial score (nSPS) is 38.9. The molecule has 0 N–H and O–H groups in total. The Morgan fingerprint density at radius 2 is 1.97 bits per heavy atom. The summed E-state index contributed by atoms with van der Waals surface area (Å²) in [6.07, 6.45) is 15.2. The Bertz CT molecular complexity index is 995. The molecule has 0 bridgehead atoms. The van der Waals surface area contributed by atoms with Gasteiger partial charge in [-0.05, 0) is 71.6 Å². The van der Waals surface area contributed by atoms with Gasteiger partial charge >= 0.3 is 11.8 Å². The SMILES string of the molecule is CC(=O)O[C@H]1CC[C@@]2(C)C(=CCC3C2CC[C@]2(C)C(n4cnc([N+](=O)[O-])c4)=CCC32)C1. The van der Waals surface area contributed by atoms with Crippen molar-refractivity contribution in [3.63, 3.8) is 0 Å². The maximum Gasteiger partial charge on any atom is 0.381 e. The quantitative estimate of drug-likeness (QED) is 0.290. The highest BCUT2D eigenvalue weighted by Gasteiger charge is 2.57. The number of allylic oxidation sites excluding steroid dienone is 3. The van der Waals surface area contributed by atoms with Gasteiger partial charge in [-0.2, -0.15) is 0 Å². The van der Waals surface area contributed by atoms with E-state index in [9.17, 15) is 14.9 Å². The fraction of sp³-hybridized carbons (Fsp3) is 0.667. The third-order valence-corrected chi connectivity index (χ3v) is 8.97. The number of carbonyl (C=O) groups excluding carboxylic acids is 1. The van der Waals surface area contributed by atoms with Gasteiger partial charge in [0, 0.05) is 24.5 Å². The van der Waals surface area contributed by atoms with E-state index >= 15 is 0 Å². The second-order valence-electron chi connectivity index (χ2n) is 10.4. The van der Waals surface area contributed by atoms with Crippen molar-refractivity contribution in [2.45, 2.75) is 71.8 Å². The lowest BCUT2D eigenvalue weighted by molar-refractivity contribution is -0.389. The number of imidazole rings is 1. The number of carbonyl (C=O) groups is 1. The third-order valence-electron chi connectivity index (χ3n) is 8.97. The van der Waals surface area contributed by atoms with E-state index in [1.807, 2.05) is 4.57 Å². The number of esters is 1. The van der Waals surface area contributed by atoms with Crippen molar-refractivity contribution in [3.05, 3.63) is 40.4 Å². The van der Waals surface area contributed by atoms with E-state index in [1.54, 1.807) is 12.5 Å². The molecule has 2 fully saturated rings. The molecule has 3 unspecified atom stereocenters. The average molecular weight is 426 g/mol. The number of hydrogen-bond donors (Lipinski definition) is 0. The molecule has 4 aliphatic rings. The molecule has 0 spiro atoms. The molecule has 1 heterocycles. The molecular formula is C24H31N3O4. The molecule has 2 saturated carbocycles. The van der Waals surface area contributed by atoms with Gasteiger partial charge in [0.15, 0.2) is 0 Å². The Morgan fingerprint density at radius 1 is 1.19 bits per heavy atom. The van der Waals surface area contributed by atoms with Crippen LogP contribution in [-0.4, -0.2) is 26.5 Å². The predicted molar refractivity (Wildman–Crippen MR) is 116 cm³/mol. The minimum absolute atomic E-state index is 0.0202. The minimum Gasteiger partial charge on any atom is -0.462 e. The summed E-state index contributed by atoms with van der Waals surface area (Å²) in [6.45, 7) is 6.28. The lowest BCUT2D eigenvalue weighted by Crippen LogP contribution is -2.50. The van der Waals surface area contributed by atoms with E-state index in [1.165, 1.54) is 18.2 Å². The van der Waals surface area contributed by atoms with Crippen LogP contribution < -0.4 is 0 Å². The molecule has 0 amide bonds. The predicted octanol–water partition coefficient (Wildman–Crippen LogP) is 5.14. The highest BCUT2D eigenvalue weighted by Crippen LogP contribution is 2.65. The number of aromatic nitrogens is 2. The second-order valence-corrected chi connectivity index (χ2v) is 10.4. The number of nitro groups is 1. The second kappa shape index (κ2) is 7.04. The van der Waals surface area contributed by atoms with Crippen molar-refractivity contribution in [3.8, 4) is 0 Å².